The topological polar surface area (TPSA) is 3.24 Å². The highest BCUT2D eigenvalue weighted by Crippen LogP contribution is 2.32. The second-order valence-electron chi connectivity index (χ2n) is 6.14. The number of rotatable bonds is 5. The highest BCUT2D eigenvalue weighted by atomic mass is 15.2. The van der Waals surface area contributed by atoms with Gasteiger partial charge < -0.3 is 0 Å². The van der Waals surface area contributed by atoms with Crippen molar-refractivity contribution < 1.29 is 0 Å². The highest BCUT2D eigenvalue weighted by molar-refractivity contribution is 5.48. The smallest absolute Gasteiger partial charge is 0.0130 e. The molecule has 3 rings (SSSR count). The van der Waals surface area contributed by atoms with E-state index < -0.39 is 0 Å². The molecule has 1 aliphatic heterocycles. The average molecular weight is 255 g/mol. The van der Waals surface area contributed by atoms with Gasteiger partial charge in [-0.15, -0.1) is 0 Å². The standard InChI is InChI=1S/C18H25N/c1-2-7-16(8-3-1)9-6-11-18-10-4-5-14-19(18)15-17-12-13-17/h1-3,6-9,17-18H,4-5,10-15H2/b9-6+/t18-/m0/s1. The normalized spacial score (nSPS) is 24.9. The van der Waals surface area contributed by atoms with Crippen molar-refractivity contribution in [1.82, 2.24) is 4.90 Å². The fourth-order valence-corrected chi connectivity index (χ4v) is 3.12. The van der Waals surface area contributed by atoms with Crippen LogP contribution in [0.5, 0.6) is 0 Å². The third kappa shape index (κ3) is 3.94. The maximum atomic E-state index is 2.76. The van der Waals surface area contributed by atoms with E-state index in [9.17, 15) is 0 Å². The van der Waals surface area contributed by atoms with Gasteiger partial charge in [0.1, 0.15) is 0 Å². The van der Waals surface area contributed by atoms with Gasteiger partial charge >= 0.3 is 0 Å². The van der Waals surface area contributed by atoms with Crippen molar-refractivity contribution in [3.63, 3.8) is 0 Å². The first kappa shape index (κ1) is 12.9. The van der Waals surface area contributed by atoms with Gasteiger partial charge in [-0.2, -0.15) is 0 Å². The maximum Gasteiger partial charge on any atom is 0.0130 e. The molecule has 0 aromatic heterocycles. The Morgan fingerprint density at radius 1 is 1.05 bits per heavy atom. The van der Waals surface area contributed by atoms with E-state index in [4.69, 9.17) is 0 Å². The minimum Gasteiger partial charge on any atom is -0.300 e. The van der Waals surface area contributed by atoms with Crippen LogP contribution in [0.15, 0.2) is 36.4 Å². The van der Waals surface area contributed by atoms with Crippen LogP contribution in [0.2, 0.25) is 0 Å². The quantitative estimate of drug-likeness (QED) is 0.756. The summed E-state index contributed by atoms with van der Waals surface area (Å²) in [5, 5.41) is 0. The van der Waals surface area contributed by atoms with Gasteiger partial charge in [0.25, 0.3) is 0 Å². The van der Waals surface area contributed by atoms with E-state index in [1.807, 2.05) is 0 Å². The summed E-state index contributed by atoms with van der Waals surface area (Å²) in [6.07, 6.45) is 13.1. The number of hydrogen-bond acceptors (Lipinski definition) is 1. The first-order chi connectivity index (χ1) is 9.42. The molecule has 1 heteroatoms. The third-order valence-electron chi connectivity index (χ3n) is 4.46. The maximum absolute atomic E-state index is 2.76. The molecule has 0 amide bonds. The Morgan fingerprint density at radius 3 is 2.68 bits per heavy atom. The van der Waals surface area contributed by atoms with Crippen LogP contribution in [-0.2, 0) is 0 Å². The van der Waals surface area contributed by atoms with Gasteiger partial charge in [-0.05, 0) is 50.1 Å². The van der Waals surface area contributed by atoms with Crippen LogP contribution >= 0.6 is 0 Å². The summed E-state index contributed by atoms with van der Waals surface area (Å²) in [6, 6.07) is 11.5. The van der Waals surface area contributed by atoms with Crippen molar-refractivity contribution in [1.29, 1.82) is 0 Å². The van der Waals surface area contributed by atoms with E-state index in [-0.39, 0.29) is 0 Å². The molecule has 19 heavy (non-hydrogen) atoms. The van der Waals surface area contributed by atoms with Crippen molar-refractivity contribution in [2.24, 2.45) is 5.92 Å². The summed E-state index contributed by atoms with van der Waals surface area (Å²) in [5.74, 6) is 1.03. The number of hydrogen-bond donors (Lipinski definition) is 0. The van der Waals surface area contributed by atoms with Crippen molar-refractivity contribution in [2.75, 3.05) is 13.1 Å². The fourth-order valence-electron chi connectivity index (χ4n) is 3.12. The van der Waals surface area contributed by atoms with Crippen molar-refractivity contribution in [2.45, 2.75) is 44.6 Å². The van der Waals surface area contributed by atoms with Gasteiger partial charge in [0.15, 0.2) is 0 Å². The van der Waals surface area contributed by atoms with E-state index in [0.29, 0.717) is 0 Å². The van der Waals surface area contributed by atoms with Crippen LogP contribution in [0, 0.1) is 5.92 Å². The van der Waals surface area contributed by atoms with Gasteiger partial charge in [-0.25, -0.2) is 0 Å². The lowest BCUT2D eigenvalue weighted by atomic mass is 9.98. The van der Waals surface area contributed by atoms with Gasteiger partial charge in [-0.3, -0.25) is 4.90 Å². The van der Waals surface area contributed by atoms with Crippen LogP contribution in [0.4, 0.5) is 0 Å². The SMILES string of the molecule is C(=C\c1ccccc1)/C[C@@H]1CCCCN1CC1CC1. The minimum absolute atomic E-state index is 0.800. The van der Waals surface area contributed by atoms with E-state index in [0.717, 1.165) is 12.0 Å². The monoisotopic (exact) mass is 255 g/mol. The van der Waals surface area contributed by atoms with E-state index in [1.165, 1.54) is 57.2 Å². The molecule has 1 atom stereocenters. The summed E-state index contributed by atoms with van der Waals surface area (Å²) >= 11 is 0. The van der Waals surface area contributed by atoms with Crippen LogP contribution in [0.3, 0.4) is 0 Å². The molecule has 1 saturated heterocycles. The van der Waals surface area contributed by atoms with Crippen molar-refractivity contribution in [3.8, 4) is 0 Å². The molecule has 2 aliphatic rings. The molecule has 0 N–H and O–H groups in total. The highest BCUT2D eigenvalue weighted by Gasteiger charge is 2.28. The predicted molar refractivity (Wildman–Crippen MR) is 82.0 cm³/mol. The molecule has 102 valence electrons. The number of nitrogens with zero attached hydrogens (tertiary/aromatic N) is 1. The minimum atomic E-state index is 0.800. The first-order valence-electron chi connectivity index (χ1n) is 7.87. The Hall–Kier alpha value is -1.08. The zero-order chi connectivity index (χ0) is 12.9. The number of piperidine rings is 1. The molecular weight excluding hydrogens is 230 g/mol. The Bertz CT molecular complexity index is 405. The van der Waals surface area contributed by atoms with Gasteiger partial charge in [0.05, 0.1) is 0 Å². The Labute approximate surface area is 117 Å². The molecular formula is C18H25N. The summed E-state index contributed by atoms with van der Waals surface area (Å²) < 4.78 is 0. The molecule has 2 fully saturated rings. The molecule has 1 heterocycles. The Balaban J connectivity index is 1.53. The molecule has 0 radical (unpaired) electrons. The molecule has 0 spiro atoms. The van der Waals surface area contributed by atoms with Crippen LogP contribution in [0.1, 0.15) is 44.1 Å². The zero-order valence-corrected chi connectivity index (χ0v) is 11.8. The molecule has 1 aromatic rings. The van der Waals surface area contributed by atoms with Gasteiger partial charge in [0.2, 0.25) is 0 Å². The lowest BCUT2D eigenvalue weighted by Gasteiger charge is -2.35. The lowest BCUT2D eigenvalue weighted by molar-refractivity contribution is 0.143. The first-order valence-corrected chi connectivity index (χ1v) is 7.87. The van der Waals surface area contributed by atoms with Crippen LogP contribution in [-0.4, -0.2) is 24.0 Å². The summed E-state index contributed by atoms with van der Waals surface area (Å²) in [7, 11) is 0. The second kappa shape index (κ2) is 6.38. The largest absolute Gasteiger partial charge is 0.300 e. The van der Waals surface area contributed by atoms with Gasteiger partial charge in [0, 0.05) is 12.6 Å². The third-order valence-corrected chi connectivity index (χ3v) is 4.46. The molecule has 1 nitrogen and oxygen atoms in total. The molecule has 1 aromatic carbocycles. The van der Waals surface area contributed by atoms with Crippen LogP contribution < -0.4 is 0 Å². The Kier molecular flexibility index (Phi) is 4.34. The lowest BCUT2D eigenvalue weighted by Crippen LogP contribution is -2.40. The second-order valence-corrected chi connectivity index (χ2v) is 6.14. The van der Waals surface area contributed by atoms with Crippen molar-refractivity contribution in [3.05, 3.63) is 42.0 Å². The zero-order valence-electron chi connectivity index (χ0n) is 11.8. The Morgan fingerprint density at radius 2 is 1.89 bits per heavy atom. The summed E-state index contributed by atoms with van der Waals surface area (Å²) in [5.41, 5.74) is 1.33. The van der Waals surface area contributed by atoms with E-state index in [2.05, 4.69) is 47.4 Å². The molecule has 0 bridgehead atoms. The van der Waals surface area contributed by atoms with E-state index in [1.54, 1.807) is 0 Å². The van der Waals surface area contributed by atoms with E-state index >= 15 is 0 Å². The summed E-state index contributed by atoms with van der Waals surface area (Å²) in [6.45, 7) is 2.70. The average Bonchev–Trinajstić information content (AvgIpc) is 3.26. The van der Waals surface area contributed by atoms with Gasteiger partial charge in [-0.1, -0.05) is 48.9 Å². The predicted octanol–water partition coefficient (Wildman–Crippen LogP) is 4.35. The molecule has 1 saturated carbocycles. The molecule has 0 unspecified atom stereocenters. The number of benzene rings is 1. The summed E-state index contributed by atoms with van der Waals surface area (Å²) in [4.78, 5) is 2.76. The van der Waals surface area contributed by atoms with Crippen LogP contribution in [0.25, 0.3) is 6.08 Å². The van der Waals surface area contributed by atoms with Crippen molar-refractivity contribution >= 4 is 6.08 Å². The fraction of sp³-hybridized carbons (Fsp3) is 0.556. The number of likely N-dealkylation sites (tertiary alicyclic amines) is 1. The molecule has 1 aliphatic carbocycles.